The highest BCUT2D eigenvalue weighted by atomic mass is 16.5. The van der Waals surface area contributed by atoms with Gasteiger partial charge in [-0.05, 0) is 37.1 Å². The summed E-state index contributed by atoms with van der Waals surface area (Å²) in [7, 11) is 1.64. The Bertz CT molecular complexity index is 632. The number of benzene rings is 1. The molecule has 0 aliphatic carbocycles. The van der Waals surface area contributed by atoms with Gasteiger partial charge in [-0.1, -0.05) is 6.92 Å². The SMILES string of the molecule is CCc1cc(-c2n[nH]c(C)c2CC(=O)O)ccc1OC. The first kappa shape index (κ1) is 14.1. The van der Waals surface area contributed by atoms with E-state index in [1.807, 2.05) is 25.1 Å². The Balaban J connectivity index is 2.49. The summed E-state index contributed by atoms with van der Waals surface area (Å²) in [4.78, 5) is 11.0. The monoisotopic (exact) mass is 274 g/mol. The average Bonchev–Trinajstić information content (AvgIpc) is 2.79. The Kier molecular flexibility index (Phi) is 4.08. The second-order valence-corrected chi connectivity index (χ2v) is 4.63. The Morgan fingerprint density at radius 3 is 2.80 bits per heavy atom. The quantitative estimate of drug-likeness (QED) is 0.878. The number of aliphatic carboxylic acids is 1. The molecule has 1 aromatic carbocycles. The van der Waals surface area contributed by atoms with Crippen molar-refractivity contribution in [3.8, 4) is 17.0 Å². The van der Waals surface area contributed by atoms with Crippen LogP contribution in [-0.4, -0.2) is 28.4 Å². The Hall–Kier alpha value is -2.30. The van der Waals surface area contributed by atoms with Crippen LogP contribution in [0.3, 0.4) is 0 Å². The third kappa shape index (κ3) is 2.66. The van der Waals surface area contributed by atoms with E-state index in [2.05, 4.69) is 17.1 Å². The molecule has 0 fully saturated rings. The molecule has 106 valence electrons. The van der Waals surface area contributed by atoms with E-state index in [1.165, 1.54) is 0 Å². The van der Waals surface area contributed by atoms with E-state index in [1.54, 1.807) is 7.11 Å². The van der Waals surface area contributed by atoms with Gasteiger partial charge in [-0.3, -0.25) is 9.89 Å². The van der Waals surface area contributed by atoms with Gasteiger partial charge in [0.05, 0.1) is 19.2 Å². The minimum atomic E-state index is -0.861. The molecule has 0 spiro atoms. The first-order valence-electron chi connectivity index (χ1n) is 6.49. The molecule has 0 amide bonds. The zero-order valence-electron chi connectivity index (χ0n) is 11.9. The predicted octanol–water partition coefficient (Wildman–Crippen LogP) is 2.58. The van der Waals surface area contributed by atoms with Gasteiger partial charge in [-0.15, -0.1) is 0 Å². The summed E-state index contributed by atoms with van der Waals surface area (Å²) in [6.45, 7) is 3.88. The molecule has 0 radical (unpaired) electrons. The van der Waals surface area contributed by atoms with Crippen molar-refractivity contribution in [1.29, 1.82) is 0 Å². The number of carboxylic acid groups (broad SMARTS) is 1. The van der Waals surface area contributed by atoms with E-state index in [0.29, 0.717) is 5.69 Å². The van der Waals surface area contributed by atoms with Gasteiger partial charge in [0, 0.05) is 16.8 Å². The molecule has 0 unspecified atom stereocenters. The first-order chi connectivity index (χ1) is 9.56. The van der Waals surface area contributed by atoms with Crippen molar-refractivity contribution in [3.05, 3.63) is 35.0 Å². The van der Waals surface area contributed by atoms with Crippen LogP contribution in [0, 0.1) is 6.92 Å². The van der Waals surface area contributed by atoms with E-state index in [-0.39, 0.29) is 6.42 Å². The van der Waals surface area contributed by atoms with E-state index in [9.17, 15) is 4.79 Å². The standard InChI is InChI=1S/C15H18N2O3/c1-4-10-7-11(5-6-13(10)20-3)15-12(8-14(18)19)9(2)16-17-15/h5-7H,4,8H2,1-3H3,(H,16,17)(H,18,19). The molecular formula is C15H18N2O3. The summed E-state index contributed by atoms with van der Waals surface area (Å²) < 4.78 is 5.30. The lowest BCUT2D eigenvalue weighted by Gasteiger charge is -2.09. The third-order valence-corrected chi connectivity index (χ3v) is 3.34. The van der Waals surface area contributed by atoms with Gasteiger partial charge in [0.25, 0.3) is 0 Å². The molecule has 5 nitrogen and oxygen atoms in total. The van der Waals surface area contributed by atoms with Gasteiger partial charge in [0.2, 0.25) is 0 Å². The lowest BCUT2D eigenvalue weighted by Crippen LogP contribution is -2.02. The van der Waals surface area contributed by atoms with Crippen molar-refractivity contribution in [1.82, 2.24) is 10.2 Å². The number of hydrogen-bond acceptors (Lipinski definition) is 3. The molecule has 20 heavy (non-hydrogen) atoms. The molecule has 5 heteroatoms. The van der Waals surface area contributed by atoms with Gasteiger partial charge in [0.1, 0.15) is 5.75 Å². The Morgan fingerprint density at radius 2 is 2.20 bits per heavy atom. The lowest BCUT2D eigenvalue weighted by molar-refractivity contribution is -0.136. The van der Waals surface area contributed by atoms with Crippen LogP contribution in [0.25, 0.3) is 11.3 Å². The van der Waals surface area contributed by atoms with Crippen LogP contribution in [0.5, 0.6) is 5.75 Å². The zero-order valence-corrected chi connectivity index (χ0v) is 11.9. The van der Waals surface area contributed by atoms with Crippen molar-refractivity contribution in [2.75, 3.05) is 7.11 Å². The highest BCUT2D eigenvalue weighted by Crippen LogP contribution is 2.29. The highest BCUT2D eigenvalue weighted by molar-refractivity contribution is 5.76. The minimum absolute atomic E-state index is 0.0366. The number of methoxy groups -OCH3 is 1. The maximum Gasteiger partial charge on any atom is 0.307 e. The number of aromatic nitrogens is 2. The van der Waals surface area contributed by atoms with Crippen molar-refractivity contribution in [2.24, 2.45) is 0 Å². The van der Waals surface area contributed by atoms with Crippen molar-refractivity contribution < 1.29 is 14.6 Å². The summed E-state index contributed by atoms with van der Waals surface area (Å²) in [6.07, 6.45) is 0.805. The molecule has 0 atom stereocenters. The van der Waals surface area contributed by atoms with Gasteiger partial charge in [-0.25, -0.2) is 0 Å². The largest absolute Gasteiger partial charge is 0.496 e. The number of carbonyl (C=O) groups is 1. The molecule has 2 aromatic rings. The van der Waals surface area contributed by atoms with E-state index >= 15 is 0 Å². The number of aromatic amines is 1. The number of ether oxygens (including phenoxy) is 1. The summed E-state index contributed by atoms with van der Waals surface area (Å²) in [6, 6.07) is 5.79. The number of nitrogens with one attached hydrogen (secondary N) is 1. The summed E-state index contributed by atoms with van der Waals surface area (Å²) >= 11 is 0. The normalized spacial score (nSPS) is 10.6. The average molecular weight is 274 g/mol. The van der Waals surface area contributed by atoms with Gasteiger partial charge in [-0.2, -0.15) is 5.10 Å². The topological polar surface area (TPSA) is 75.2 Å². The smallest absolute Gasteiger partial charge is 0.307 e. The fourth-order valence-electron chi connectivity index (χ4n) is 2.26. The third-order valence-electron chi connectivity index (χ3n) is 3.34. The molecule has 0 aliphatic rings. The van der Waals surface area contributed by atoms with Crippen LogP contribution in [0.4, 0.5) is 0 Å². The molecule has 1 aromatic heterocycles. The van der Waals surface area contributed by atoms with Gasteiger partial charge >= 0.3 is 5.97 Å². The number of nitrogens with zero attached hydrogens (tertiary/aromatic N) is 1. The summed E-state index contributed by atoms with van der Waals surface area (Å²) in [5.74, 6) is -0.0248. The van der Waals surface area contributed by atoms with Crippen LogP contribution in [0.15, 0.2) is 18.2 Å². The van der Waals surface area contributed by atoms with Crippen LogP contribution >= 0.6 is 0 Å². The second-order valence-electron chi connectivity index (χ2n) is 4.63. The van der Waals surface area contributed by atoms with Crippen molar-refractivity contribution in [3.63, 3.8) is 0 Å². The van der Waals surface area contributed by atoms with Crippen LogP contribution < -0.4 is 4.74 Å². The summed E-state index contributed by atoms with van der Waals surface area (Å²) in [5.41, 5.74) is 4.19. The van der Waals surface area contributed by atoms with Gasteiger partial charge < -0.3 is 9.84 Å². The number of aryl methyl sites for hydroxylation is 2. The number of rotatable bonds is 5. The first-order valence-corrected chi connectivity index (χ1v) is 6.49. The highest BCUT2D eigenvalue weighted by Gasteiger charge is 2.16. The second kappa shape index (κ2) is 5.77. The van der Waals surface area contributed by atoms with Gasteiger partial charge in [0.15, 0.2) is 0 Å². The molecule has 2 rings (SSSR count). The molecular weight excluding hydrogens is 256 g/mol. The Labute approximate surface area is 117 Å². The van der Waals surface area contributed by atoms with E-state index < -0.39 is 5.97 Å². The fraction of sp³-hybridized carbons (Fsp3) is 0.333. The van der Waals surface area contributed by atoms with Crippen molar-refractivity contribution in [2.45, 2.75) is 26.7 Å². The van der Waals surface area contributed by atoms with Crippen LogP contribution in [-0.2, 0) is 17.6 Å². The minimum Gasteiger partial charge on any atom is -0.496 e. The van der Waals surface area contributed by atoms with Crippen LogP contribution in [0.2, 0.25) is 0 Å². The molecule has 0 saturated carbocycles. The zero-order chi connectivity index (χ0) is 14.7. The van der Waals surface area contributed by atoms with Crippen LogP contribution in [0.1, 0.15) is 23.7 Å². The van der Waals surface area contributed by atoms with E-state index in [4.69, 9.17) is 9.84 Å². The van der Waals surface area contributed by atoms with E-state index in [0.717, 1.165) is 34.6 Å². The molecule has 0 aliphatic heterocycles. The fourth-order valence-corrected chi connectivity index (χ4v) is 2.26. The molecule has 0 bridgehead atoms. The molecule has 0 saturated heterocycles. The maximum absolute atomic E-state index is 11.0. The number of carboxylic acids is 1. The summed E-state index contributed by atoms with van der Waals surface area (Å²) in [5, 5.41) is 16.1. The predicted molar refractivity (Wildman–Crippen MR) is 76.0 cm³/mol. The maximum atomic E-state index is 11.0. The van der Waals surface area contributed by atoms with Crippen molar-refractivity contribution >= 4 is 5.97 Å². The molecule has 1 heterocycles. The lowest BCUT2D eigenvalue weighted by atomic mass is 10.0. The number of hydrogen-bond donors (Lipinski definition) is 2. The Morgan fingerprint density at radius 1 is 1.45 bits per heavy atom. The number of H-pyrrole nitrogens is 1. The molecule has 2 N–H and O–H groups in total.